The van der Waals surface area contributed by atoms with Crippen molar-refractivity contribution in [2.45, 2.75) is 69.9 Å². The third kappa shape index (κ3) is 3.64. The lowest BCUT2D eigenvalue weighted by molar-refractivity contribution is -0.0226. The van der Waals surface area contributed by atoms with Gasteiger partial charge in [-0.05, 0) is 103 Å². The number of anilines is 1. The number of rotatable bonds is 3. The maximum Gasteiger partial charge on any atom is 0.121 e. The summed E-state index contributed by atoms with van der Waals surface area (Å²) in [6.45, 7) is 2.34. The Morgan fingerprint density at radius 3 is 2.43 bits per heavy atom. The maximum absolute atomic E-state index is 11.4. The van der Waals surface area contributed by atoms with Crippen LogP contribution in [0.15, 0.2) is 77.9 Å². The third-order valence-corrected chi connectivity index (χ3v) is 10.2. The van der Waals surface area contributed by atoms with E-state index in [1.807, 2.05) is 12.1 Å². The smallest absolute Gasteiger partial charge is 0.121 e. The van der Waals surface area contributed by atoms with Gasteiger partial charge in [-0.2, -0.15) is 5.10 Å². The van der Waals surface area contributed by atoms with E-state index in [4.69, 9.17) is 5.10 Å². The van der Waals surface area contributed by atoms with Crippen molar-refractivity contribution in [3.8, 4) is 5.75 Å². The Morgan fingerprint density at radius 2 is 1.65 bits per heavy atom. The molecule has 0 amide bonds. The molecule has 2 N–H and O–H groups in total. The highest BCUT2D eigenvalue weighted by molar-refractivity contribution is 6.03. The maximum atomic E-state index is 11.4. The minimum Gasteiger partial charge on any atom is -0.508 e. The van der Waals surface area contributed by atoms with Crippen molar-refractivity contribution in [1.82, 2.24) is 0 Å². The van der Waals surface area contributed by atoms with E-state index in [9.17, 15) is 10.2 Å². The fourth-order valence-electron chi connectivity index (χ4n) is 8.24. The highest BCUT2D eigenvalue weighted by Gasteiger charge is 2.54. The Bertz CT molecular complexity index is 1340. The van der Waals surface area contributed by atoms with Gasteiger partial charge in [0.1, 0.15) is 5.75 Å². The van der Waals surface area contributed by atoms with E-state index in [0.29, 0.717) is 23.5 Å². The monoisotopic (exact) mass is 492 g/mol. The van der Waals surface area contributed by atoms with Crippen molar-refractivity contribution in [3.63, 3.8) is 0 Å². The summed E-state index contributed by atoms with van der Waals surface area (Å²) in [6, 6.07) is 25.1. The molecule has 3 aliphatic carbocycles. The van der Waals surface area contributed by atoms with Crippen LogP contribution in [0, 0.1) is 17.3 Å². The lowest BCUT2D eigenvalue weighted by Gasteiger charge is -2.50. The predicted octanol–water partition coefficient (Wildman–Crippen LogP) is 6.96. The molecule has 4 aliphatic rings. The molecule has 3 aromatic rings. The number of hydrogen-bond acceptors (Lipinski definition) is 4. The van der Waals surface area contributed by atoms with Crippen LogP contribution in [-0.4, -0.2) is 22.0 Å². The van der Waals surface area contributed by atoms with Gasteiger partial charge in [-0.25, -0.2) is 0 Å². The highest BCUT2D eigenvalue weighted by Crippen LogP contribution is 2.61. The molecule has 0 aromatic heterocycles. The van der Waals surface area contributed by atoms with Crippen molar-refractivity contribution in [2.75, 3.05) is 5.01 Å². The van der Waals surface area contributed by atoms with Gasteiger partial charge in [-0.1, -0.05) is 55.5 Å². The van der Waals surface area contributed by atoms with E-state index in [0.717, 1.165) is 61.1 Å². The zero-order chi connectivity index (χ0) is 25.1. The number of aryl methyl sites for hydroxylation is 1. The van der Waals surface area contributed by atoms with Crippen molar-refractivity contribution >= 4 is 11.4 Å². The summed E-state index contributed by atoms with van der Waals surface area (Å²) in [6.07, 6.45) is 7.12. The predicted molar refractivity (Wildman–Crippen MR) is 148 cm³/mol. The van der Waals surface area contributed by atoms with Gasteiger partial charge >= 0.3 is 0 Å². The molecule has 0 spiro atoms. The van der Waals surface area contributed by atoms with E-state index in [2.05, 4.69) is 72.6 Å². The number of nitrogens with zero attached hydrogens (tertiary/aromatic N) is 2. The first-order valence-corrected chi connectivity index (χ1v) is 14.0. The molecule has 190 valence electrons. The number of para-hydroxylation sites is 1. The quantitative estimate of drug-likeness (QED) is 0.415. The van der Waals surface area contributed by atoms with Gasteiger partial charge in [-0.15, -0.1) is 0 Å². The van der Waals surface area contributed by atoms with Crippen LogP contribution in [0.4, 0.5) is 5.69 Å². The van der Waals surface area contributed by atoms with Crippen LogP contribution in [0.1, 0.15) is 79.7 Å². The zero-order valence-corrected chi connectivity index (χ0v) is 21.6. The van der Waals surface area contributed by atoms with E-state index in [1.54, 1.807) is 0 Å². The molecule has 4 heteroatoms. The SMILES string of the molecule is C[C@]12CC[C@@H]3c4cc(C5CC(c6ccccc6)=NN5c5ccccc5)c(O)cc4CC[C@H]3[C@@H]1CC[C@@H]2O. The number of fused-ring (bicyclic) bond motifs is 5. The molecule has 37 heavy (non-hydrogen) atoms. The highest BCUT2D eigenvalue weighted by atomic mass is 16.3. The van der Waals surface area contributed by atoms with Gasteiger partial charge in [0, 0.05) is 12.0 Å². The molecular formula is C33H36N2O2. The van der Waals surface area contributed by atoms with Gasteiger partial charge < -0.3 is 10.2 Å². The molecule has 7 rings (SSSR count). The van der Waals surface area contributed by atoms with Crippen LogP contribution in [0.2, 0.25) is 0 Å². The van der Waals surface area contributed by atoms with Crippen LogP contribution >= 0.6 is 0 Å². The number of aromatic hydroxyl groups is 1. The number of benzene rings is 3. The van der Waals surface area contributed by atoms with Gasteiger partial charge in [0.25, 0.3) is 0 Å². The standard InChI is InChI=1S/C33H36N2O2/c1-33-17-16-24-25(28(33)14-15-32(33)37)13-12-22-18-31(36)27(19-26(22)24)30-20-29(21-8-4-2-5-9-21)34-35(30)23-10-6-3-7-11-23/h2-11,18-19,24-25,28,30,32,36-37H,12-17,20H2,1H3/t24-,25+,28-,30?,32-,33-/m0/s1. The third-order valence-electron chi connectivity index (χ3n) is 10.2. The minimum atomic E-state index is -0.151. The van der Waals surface area contributed by atoms with Crippen molar-refractivity contribution in [3.05, 3.63) is 95.1 Å². The lowest BCUT2D eigenvalue weighted by Crippen LogP contribution is -2.44. The molecule has 6 atom stereocenters. The van der Waals surface area contributed by atoms with E-state index >= 15 is 0 Å². The average molecular weight is 493 g/mol. The second kappa shape index (κ2) is 8.73. The molecular weight excluding hydrogens is 456 g/mol. The fraction of sp³-hybridized carbons (Fsp3) is 0.424. The summed E-state index contributed by atoms with van der Waals surface area (Å²) >= 11 is 0. The number of aliphatic hydroxyl groups excluding tert-OH is 1. The van der Waals surface area contributed by atoms with Crippen LogP contribution < -0.4 is 5.01 Å². The molecule has 1 unspecified atom stereocenters. The van der Waals surface area contributed by atoms with Crippen LogP contribution in [0.25, 0.3) is 0 Å². The molecule has 4 nitrogen and oxygen atoms in total. The normalized spacial score (nSPS) is 32.4. The summed E-state index contributed by atoms with van der Waals surface area (Å²) in [7, 11) is 0. The summed E-state index contributed by atoms with van der Waals surface area (Å²) < 4.78 is 0. The van der Waals surface area contributed by atoms with E-state index in [-0.39, 0.29) is 17.6 Å². The minimum absolute atomic E-state index is 0.0505. The van der Waals surface area contributed by atoms with Crippen LogP contribution in [-0.2, 0) is 6.42 Å². The largest absolute Gasteiger partial charge is 0.508 e. The average Bonchev–Trinajstić information content (AvgIpc) is 3.50. The Balaban J connectivity index is 1.28. The number of hydrazone groups is 1. The molecule has 0 radical (unpaired) electrons. The van der Waals surface area contributed by atoms with Gasteiger partial charge in [-0.3, -0.25) is 5.01 Å². The van der Waals surface area contributed by atoms with Gasteiger partial charge in [0.15, 0.2) is 0 Å². The van der Waals surface area contributed by atoms with Gasteiger partial charge in [0.2, 0.25) is 0 Å². The summed E-state index contributed by atoms with van der Waals surface area (Å²) in [5.41, 5.74) is 7.05. The first kappa shape index (κ1) is 23.0. The summed E-state index contributed by atoms with van der Waals surface area (Å²) in [4.78, 5) is 0. The van der Waals surface area contributed by atoms with Crippen molar-refractivity contribution in [2.24, 2.45) is 22.4 Å². The molecule has 2 saturated carbocycles. The molecule has 2 fully saturated rings. The fourth-order valence-corrected chi connectivity index (χ4v) is 8.24. The second-order valence-corrected chi connectivity index (χ2v) is 12.0. The number of aliphatic hydroxyl groups is 1. The Hall–Kier alpha value is -3.11. The number of hydrogen-bond donors (Lipinski definition) is 2. The molecule has 1 aliphatic heterocycles. The zero-order valence-electron chi connectivity index (χ0n) is 21.6. The van der Waals surface area contributed by atoms with Crippen molar-refractivity contribution in [1.29, 1.82) is 0 Å². The second-order valence-electron chi connectivity index (χ2n) is 12.0. The molecule has 0 bridgehead atoms. The Kier molecular flexibility index (Phi) is 5.44. The van der Waals surface area contributed by atoms with Crippen LogP contribution in [0.5, 0.6) is 5.75 Å². The van der Waals surface area contributed by atoms with E-state index in [1.165, 1.54) is 17.5 Å². The molecule has 0 saturated heterocycles. The first-order valence-electron chi connectivity index (χ1n) is 14.0. The van der Waals surface area contributed by atoms with E-state index < -0.39 is 0 Å². The number of phenols is 1. The number of phenolic OH excluding ortho intramolecular Hbond substituents is 1. The molecule has 1 heterocycles. The summed E-state index contributed by atoms with van der Waals surface area (Å²) in [5, 5.41) is 29.4. The van der Waals surface area contributed by atoms with Crippen LogP contribution in [0.3, 0.4) is 0 Å². The summed E-state index contributed by atoms with van der Waals surface area (Å²) in [5.74, 6) is 2.15. The van der Waals surface area contributed by atoms with Crippen molar-refractivity contribution < 1.29 is 10.2 Å². The lowest BCUT2D eigenvalue weighted by atomic mass is 9.55. The topological polar surface area (TPSA) is 56.1 Å². The first-order chi connectivity index (χ1) is 18.0. The van der Waals surface area contributed by atoms with Gasteiger partial charge in [0.05, 0.1) is 23.5 Å². The molecule has 3 aromatic carbocycles. The Morgan fingerprint density at radius 1 is 0.892 bits per heavy atom. The Labute approximate surface area is 219 Å².